The molecule has 0 saturated heterocycles. The molecule has 3 aromatic rings. The summed E-state index contributed by atoms with van der Waals surface area (Å²) in [5.74, 6) is -2.15. The third-order valence-electron chi connectivity index (χ3n) is 5.39. The van der Waals surface area contributed by atoms with Gasteiger partial charge in [-0.15, -0.1) is 23.2 Å². The SMILES string of the molecule is O=C(Cc1ccc(F)cc1)c1cc(NC(=O)C2C(c3cc(Cl)cc(Cl)c3)C2(Cl)Cl)ccc1Br. The summed E-state index contributed by atoms with van der Waals surface area (Å²) in [6.07, 6.45) is 0.0863. The van der Waals surface area contributed by atoms with Crippen LogP contribution in [-0.4, -0.2) is 16.0 Å². The van der Waals surface area contributed by atoms with Crippen LogP contribution in [0, 0.1) is 11.7 Å². The number of carbonyl (C=O) groups is 2. The highest BCUT2D eigenvalue weighted by atomic mass is 79.9. The Kier molecular flexibility index (Phi) is 7.09. The van der Waals surface area contributed by atoms with Gasteiger partial charge >= 0.3 is 0 Å². The number of alkyl halides is 2. The summed E-state index contributed by atoms with van der Waals surface area (Å²) in [7, 11) is 0. The van der Waals surface area contributed by atoms with Crippen LogP contribution in [0.4, 0.5) is 10.1 Å². The van der Waals surface area contributed by atoms with Crippen LogP contribution >= 0.6 is 62.3 Å². The molecule has 2 atom stereocenters. The van der Waals surface area contributed by atoms with E-state index in [1.807, 2.05) is 0 Å². The number of ketones is 1. The van der Waals surface area contributed by atoms with Gasteiger partial charge in [0.25, 0.3) is 0 Å². The lowest BCUT2D eigenvalue weighted by Crippen LogP contribution is -2.17. The number of amides is 1. The molecule has 1 saturated carbocycles. The number of anilines is 1. The Labute approximate surface area is 218 Å². The molecule has 1 amide bonds. The second-order valence-electron chi connectivity index (χ2n) is 7.74. The highest BCUT2D eigenvalue weighted by molar-refractivity contribution is 9.10. The Balaban J connectivity index is 1.50. The highest BCUT2D eigenvalue weighted by Crippen LogP contribution is 2.65. The van der Waals surface area contributed by atoms with Gasteiger partial charge in [-0.2, -0.15) is 0 Å². The predicted octanol–water partition coefficient (Wildman–Crippen LogP) is 7.85. The fourth-order valence-corrected chi connectivity index (χ4v) is 5.58. The Morgan fingerprint density at radius 1 is 0.970 bits per heavy atom. The molecule has 1 aliphatic carbocycles. The summed E-state index contributed by atoms with van der Waals surface area (Å²) in [4.78, 5) is 25.8. The van der Waals surface area contributed by atoms with Crippen LogP contribution in [-0.2, 0) is 11.2 Å². The topological polar surface area (TPSA) is 46.2 Å². The summed E-state index contributed by atoms with van der Waals surface area (Å²) in [5.41, 5.74) is 2.15. The minimum Gasteiger partial charge on any atom is -0.326 e. The highest BCUT2D eigenvalue weighted by Gasteiger charge is 2.67. The van der Waals surface area contributed by atoms with Crippen molar-refractivity contribution < 1.29 is 14.0 Å². The molecule has 0 aromatic heterocycles. The number of halogens is 6. The van der Waals surface area contributed by atoms with E-state index in [0.717, 1.165) is 0 Å². The average molecular weight is 590 g/mol. The first kappa shape index (κ1) is 24.5. The van der Waals surface area contributed by atoms with Gasteiger partial charge in [0, 0.05) is 38.1 Å². The molecule has 1 N–H and O–H groups in total. The molecule has 9 heteroatoms. The second-order valence-corrected chi connectivity index (χ2v) is 10.9. The van der Waals surface area contributed by atoms with E-state index < -0.39 is 16.2 Å². The zero-order valence-electron chi connectivity index (χ0n) is 16.7. The lowest BCUT2D eigenvalue weighted by Gasteiger charge is -2.10. The fraction of sp³-hybridized carbons (Fsp3) is 0.167. The molecule has 0 heterocycles. The number of nitrogens with one attached hydrogen (secondary N) is 1. The molecule has 4 rings (SSSR count). The van der Waals surface area contributed by atoms with Gasteiger partial charge in [-0.3, -0.25) is 9.59 Å². The van der Waals surface area contributed by atoms with Gasteiger partial charge in [-0.1, -0.05) is 51.3 Å². The number of hydrogen-bond donors (Lipinski definition) is 1. The van der Waals surface area contributed by atoms with Crippen molar-refractivity contribution in [3.8, 4) is 0 Å². The molecule has 170 valence electrons. The van der Waals surface area contributed by atoms with Gasteiger partial charge in [0.2, 0.25) is 5.91 Å². The molecule has 0 aliphatic heterocycles. The Morgan fingerprint density at radius 3 is 2.24 bits per heavy atom. The number of benzene rings is 3. The first-order valence-corrected chi connectivity index (χ1v) is 12.1. The maximum atomic E-state index is 13.1. The molecule has 0 spiro atoms. The molecular formula is C24H15BrCl4FNO2. The van der Waals surface area contributed by atoms with Crippen molar-refractivity contribution in [2.75, 3.05) is 5.32 Å². The normalized spacial score (nSPS) is 18.6. The minimum atomic E-state index is -1.31. The Morgan fingerprint density at radius 2 is 1.61 bits per heavy atom. The summed E-state index contributed by atoms with van der Waals surface area (Å²) in [6.45, 7) is 0. The van der Waals surface area contributed by atoms with Crippen molar-refractivity contribution >= 4 is 79.7 Å². The summed E-state index contributed by atoms with van der Waals surface area (Å²) >= 11 is 28.3. The molecule has 0 bridgehead atoms. The van der Waals surface area contributed by atoms with E-state index in [9.17, 15) is 14.0 Å². The van der Waals surface area contributed by atoms with Gasteiger partial charge in [0.15, 0.2) is 5.78 Å². The van der Waals surface area contributed by atoms with E-state index in [0.29, 0.717) is 36.9 Å². The van der Waals surface area contributed by atoms with Crippen molar-refractivity contribution in [2.24, 2.45) is 5.92 Å². The van der Waals surface area contributed by atoms with Crippen LogP contribution in [0.3, 0.4) is 0 Å². The van der Waals surface area contributed by atoms with Crippen molar-refractivity contribution in [2.45, 2.75) is 16.7 Å². The quantitative estimate of drug-likeness (QED) is 0.235. The van der Waals surface area contributed by atoms with Gasteiger partial charge in [-0.25, -0.2) is 4.39 Å². The van der Waals surface area contributed by atoms with Crippen molar-refractivity contribution in [1.82, 2.24) is 0 Å². The molecule has 0 radical (unpaired) electrons. The lowest BCUT2D eigenvalue weighted by atomic mass is 10.0. The number of carbonyl (C=O) groups excluding carboxylic acids is 2. The van der Waals surface area contributed by atoms with E-state index in [1.165, 1.54) is 12.1 Å². The van der Waals surface area contributed by atoms with E-state index >= 15 is 0 Å². The van der Waals surface area contributed by atoms with Crippen LogP contribution in [0.5, 0.6) is 0 Å². The van der Waals surface area contributed by atoms with Gasteiger partial charge in [0.05, 0.1) is 5.92 Å². The van der Waals surface area contributed by atoms with E-state index in [4.69, 9.17) is 46.4 Å². The molecule has 1 aliphatic rings. The number of Topliss-reactive ketones (excluding diaryl/α,β-unsaturated/α-hetero) is 1. The first-order valence-electron chi connectivity index (χ1n) is 9.78. The molecular weight excluding hydrogens is 575 g/mol. The third kappa shape index (κ3) is 5.39. The van der Waals surface area contributed by atoms with Crippen LogP contribution in [0.1, 0.15) is 27.4 Å². The van der Waals surface area contributed by atoms with Gasteiger partial charge in [0.1, 0.15) is 10.2 Å². The molecule has 1 fully saturated rings. The zero-order chi connectivity index (χ0) is 23.9. The molecule has 33 heavy (non-hydrogen) atoms. The van der Waals surface area contributed by atoms with Gasteiger partial charge < -0.3 is 5.32 Å². The van der Waals surface area contributed by atoms with E-state index in [1.54, 1.807) is 48.5 Å². The number of rotatable bonds is 6. The average Bonchev–Trinajstić information content (AvgIpc) is 3.32. The van der Waals surface area contributed by atoms with E-state index in [2.05, 4.69) is 21.2 Å². The van der Waals surface area contributed by atoms with E-state index in [-0.39, 0.29) is 23.9 Å². The smallest absolute Gasteiger partial charge is 0.231 e. The third-order valence-corrected chi connectivity index (χ3v) is 7.46. The van der Waals surface area contributed by atoms with Crippen molar-refractivity contribution in [3.05, 3.63) is 97.7 Å². The lowest BCUT2D eigenvalue weighted by molar-refractivity contribution is -0.117. The maximum Gasteiger partial charge on any atom is 0.231 e. The monoisotopic (exact) mass is 587 g/mol. The standard InChI is InChI=1S/C24H15BrCl4FNO2/c25-19-6-5-17(11-18(19)20(32)7-12-1-3-16(30)4-2-12)31-23(33)22-21(24(22,28)29)13-8-14(26)10-15(27)9-13/h1-6,8-11,21-22H,7H2,(H,31,33). The van der Waals surface area contributed by atoms with Crippen LogP contribution in [0.2, 0.25) is 10.0 Å². The minimum absolute atomic E-state index is 0.0863. The number of hydrogen-bond acceptors (Lipinski definition) is 2. The molecule has 3 nitrogen and oxygen atoms in total. The molecule has 3 aromatic carbocycles. The first-order chi connectivity index (χ1) is 15.6. The predicted molar refractivity (Wildman–Crippen MR) is 134 cm³/mol. The zero-order valence-corrected chi connectivity index (χ0v) is 21.3. The maximum absolute atomic E-state index is 13.1. The summed E-state index contributed by atoms with van der Waals surface area (Å²) < 4.78 is 12.4. The fourth-order valence-electron chi connectivity index (χ4n) is 3.74. The Bertz CT molecular complexity index is 1230. The van der Waals surface area contributed by atoms with Crippen molar-refractivity contribution in [3.63, 3.8) is 0 Å². The summed E-state index contributed by atoms with van der Waals surface area (Å²) in [6, 6.07) is 15.6. The van der Waals surface area contributed by atoms with Crippen LogP contribution in [0.25, 0.3) is 0 Å². The van der Waals surface area contributed by atoms with Crippen molar-refractivity contribution in [1.29, 1.82) is 0 Å². The van der Waals surface area contributed by atoms with Crippen LogP contribution < -0.4 is 5.32 Å². The Hall–Kier alpha value is -1.63. The molecule has 2 unspecified atom stereocenters. The summed E-state index contributed by atoms with van der Waals surface area (Å²) in [5, 5.41) is 3.63. The second kappa shape index (κ2) is 9.55. The van der Waals surface area contributed by atoms with Gasteiger partial charge in [-0.05, 0) is 59.7 Å². The van der Waals surface area contributed by atoms with Crippen LogP contribution in [0.15, 0.2) is 65.1 Å². The largest absolute Gasteiger partial charge is 0.326 e.